The van der Waals surface area contributed by atoms with Crippen molar-refractivity contribution in [3.8, 4) is 0 Å². The van der Waals surface area contributed by atoms with Crippen molar-refractivity contribution in [3.05, 3.63) is 57.9 Å². The van der Waals surface area contributed by atoms with Gasteiger partial charge in [0.05, 0.1) is 12.1 Å². The van der Waals surface area contributed by atoms with Crippen LogP contribution in [0, 0.1) is 6.92 Å². The van der Waals surface area contributed by atoms with E-state index in [0.29, 0.717) is 24.4 Å². The molecule has 0 saturated heterocycles. The maximum absolute atomic E-state index is 13.7. The van der Waals surface area contributed by atoms with Crippen LogP contribution in [0.1, 0.15) is 60.8 Å². The molecule has 1 saturated carbocycles. The molecule has 1 aliphatic carbocycles. The molecular weight excluding hydrogens is 470 g/mol. The van der Waals surface area contributed by atoms with Gasteiger partial charge in [0, 0.05) is 29.2 Å². The number of benzene rings is 1. The third-order valence-corrected chi connectivity index (χ3v) is 7.39. The van der Waals surface area contributed by atoms with Crippen LogP contribution >= 0.6 is 15.9 Å². The molecular formula is C25H28BrN3O3. The smallest absolute Gasteiger partial charge is 0.271 e. The van der Waals surface area contributed by atoms with Gasteiger partial charge in [-0.05, 0) is 44.4 Å². The zero-order chi connectivity index (χ0) is 22.5. The maximum atomic E-state index is 13.7. The van der Waals surface area contributed by atoms with Crippen LogP contribution in [0.4, 0.5) is 0 Å². The summed E-state index contributed by atoms with van der Waals surface area (Å²) in [7, 11) is 0. The summed E-state index contributed by atoms with van der Waals surface area (Å²) in [5.41, 5.74) is 2.08. The molecule has 2 aliphatic rings. The fourth-order valence-electron chi connectivity index (χ4n) is 5.11. The lowest BCUT2D eigenvalue weighted by Gasteiger charge is -2.44. The van der Waals surface area contributed by atoms with E-state index >= 15 is 0 Å². The predicted molar refractivity (Wildman–Crippen MR) is 126 cm³/mol. The molecule has 1 N–H and O–H groups in total. The summed E-state index contributed by atoms with van der Waals surface area (Å²) < 4.78 is 8.69. The van der Waals surface area contributed by atoms with Crippen molar-refractivity contribution in [2.24, 2.45) is 0 Å². The van der Waals surface area contributed by atoms with E-state index in [9.17, 15) is 9.59 Å². The molecule has 7 heteroatoms. The van der Waals surface area contributed by atoms with Gasteiger partial charge in [0.15, 0.2) is 5.58 Å². The average Bonchev–Trinajstić information content (AvgIpc) is 3.28. The topological polar surface area (TPSA) is 67.5 Å². The monoisotopic (exact) mass is 497 g/mol. The summed E-state index contributed by atoms with van der Waals surface area (Å²) in [6, 6.07) is 11.8. The molecule has 3 aromatic rings. The quantitative estimate of drug-likeness (QED) is 0.540. The first-order valence-corrected chi connectivity index (χ1v) is 12.1. The number of fused-ring (bicyclic) bond motifs is 3. The highest BCUT2D eigenvalue weighted by molar-refractivity contribution is 9.10. The molecule has 1 aromatic carbocycles. The second-order valence-corrected chi connectivity index (χ2v) is 10.2. The molecule has 1 aliphatic heterocycles. The van der Waals surface area contributed by atoms with Crippen molar-refractivity contribution in [3.63, 3.8) is 0 Å². The van der Waals surface area contributed by atoms with Crippen molar-refractivity contribution < 1.29 is 14.0 Å². The van der Waals surface area contributed by atoms with Gasteiger partial charge in [-0.3, -0.25) is 9.59 Å². The van der Waals surface area contributed by atoms with Crippen molar-refractivity contribution in [2.75, 3.05) is 0 Å². The van der Waals surface area contributed by atoms with Gasteiger partial charge in [-0.25, -0.2) is 0 Å². The predicted octanol–water partition coefficient (Wildman–Crippen LogP) is 5.17. The van der Waals surface area contributed by atoms with Crippen LogP contribution < -0.4 is 5.32 Å². The molecule has 0 spiro atoms. The van der Waals surface area contributed by atoms with Crippen LogP contribution in [-0.4, -0.2) is 32.9 Å². The number of amides is 2. The average molecular weight is 498 g/mol. The summed E-state index contributed by atoms with van der Waals surface area (Å²) in [5, 5.41) is 3.27. The fraction of sp³-hybridized carbons (Fsp3) is 0.440. The lowest BCUT2D eigenvalue weighted by molar-refractivity contribution is -0.134. The number of hydrogen-bond donors (Lipinski definition) is 1. The fourth-order valence-corrected chi connectivity index (χ4v) is 5.56. The second kappa shape index (κ2) is 8.10. The lowest BCUT2D eigenvalue weighted by Crippen LogP contribution is -2.64. The second-order valence-electron chi connectivity index (χ2n) is 9.33. The van der Waals surface area contributed by atoms with E-state index in [-0.39, 0.29) is 17.9 Å². The Morgan fingerprint density at radius 3 is 2.75 bits per heavy atom. The van der Waals surface area contributed by atoms with Gasteiger partial charge >= 0.3 is 0 Å². The van der Waals surface area contributed by atoms with Crippen LogP contribution in [-0.2, 0) is 17.9 Å². The molecule has 1 fully saturated rings. The van der Waals surface area contributed by atoms with Crippen LogP contribution in [0.15, 0.2) is 45.3 Å². The Morgan fingerprint density at radius 2 is 2.00 bits per heavy atom. The Balaban J connectivity index is 1.54. The molecule has 32 heavy (non-hydrogen) atoms. The number of furan rings is 1. The van der Waals surface area contributed by atoms with Gasteiger partial charge in [0.25, 0.3) is 5.91 Å². The minimum atomic E-state index is -1.01. The SMILES string of the molecule is Cc1cc2c(cc3n2C[C@@](C)(C(=O)NC2CCCCC2)N(Cc2cccc(Br)c2)C3=O)o1. The third-order valence-electron chi connectivity index (χ3n) is 6.90. The van der Waals surface area contributed by atoms with Crippen molar-refractivity contribution in [1.29, 1.82) is 0 Å². The summed E-state index contributed by atoms with van der Waals surface area (Å²) >= 11 is 3.52. The van der Waals surface area contributed by atoms with Gasteiger partial charge in [-0.2, -0.15) is 0 Å². The van der Waals surface area contributed by atoms with E-state index in [4.69, 9.17) is 4.42 Å². The van der Waals surface area contributed by atoms with E-state index in [0.717, 1.165) is 47.0 Å². The maximum Gasteiger partial charge on any atom is 0.271 e. The van der Waals surface area contributed by atoms with Gasteiger partial charge in [0.1, 0.15) is 17.0 Å². The van der Waals surface area contributed by atoms with E-state index in [2.05, 4.69) is 21.2 Å². The minimum absolute atomic E-state index is 0.0829. The highest BCUT2D eigenvalue weighted by atomic mass is 79.9. The summed E-state index contributed by atoms with van der Waals surface area (Å²) in [5.74, 6) is 0.560. The Bertz CT molecular complexity index is 1190. The van der Waals surface area contributed by atoms with Gasteiger partial charge < -0.3 is 19.2 Å². The number of nitrogens with one attached hydrogen (secondary N) is 1. The highest BCUT2D eigenvalue weighted by Gasteiger charge is 2.48. The van der Waals surface area contributed by atoms with Gasteiger partial charge in [0.2, 0.25) is 5.91 Å². The molecule has 6 nitrogen and oxygen atoms in total. The Labute approximate surface area is 196 Å². The third kappa shape index (κ3) is 3.66. The molecule has 0 bridgehead atoms. The summed E-state index contributed by atoms with van der Waals surface area (Å²) in [6.45, 7) is 4.54. The van der Waals surface area contributed by atoms with Crippen LogP contribution in [0.2, 0.25) is 0 Å². The van der Waals surface area contributed by atoms with Crippen LogP contribution in [0.5, 0.6) is 0 Å². The lowest BCUT2D eigenvalue weighted by atomic mass is 9.91. The molecule has 1 atom stereocenters. The van der Waals surface area contributed by atoms with Crippen molar-refractivity contribution in [2.45, 2.75) is 70.6 Å². The van der Waals surface area contributed by atoms with Crippen LogP contribution in [0.3, 0.4) is 0 Å². The first-order valence-electron chi connectivity index (χ1n) is 11.3. The highest BCUT2D eigenvalue weighted by Crippen LogP contribution is 2.35. The van der Waals surface area contributed by atoms with Gasteiger partial charge in [-0.15, -0.1) is 0 Å². The van der Waals surface area contributed by atoms with E-state index < -0.39 is 5.54 Å². The summed E-state index contributed by atoms with van der Waals surface area (Å²) in [4.78, 5) is 29.2. The van der Waals surface area contributed by atoms with Crippen LogP contribution in [0.25, 0.3) is 11.1 Å². The number of carbonyl (C=O) groups excluding carboxylic acids is 2. The number of halogens is 1. The zero-order valence-electron chi connectivity index (χ0n) is 18.5. The molecule has 2 aromatic heterocycles. The summed E-state index contributed by atoms with van der Waals surface area (Å²) in [6.07, 6.45) is 5.50. The minimum Gasteiger partial charge on any atom is -0.460 e. The number of rotatable bonds is 4. The Hall–Kier alpha value is -2.54. The number of nitrogens with zero attached hydrogens (tertiary/aromatic N) is 2. The molecule has 0 unspecified atom stereocenters. The molecule has 3 heterocycles. The molecule has 168 valence electrons. The van der Waals surface area contributed by atoms with Crippen molar-refractivity contribution in [1.82, 2.24) is 14.8 Å². The molecule has 2 amide bonds. The van der Waals surface area contributed by atoms with Gasteiger partial charge in [-0.1, -0.05) is 47.3 Å². The van der Waals surface area contributed by atoms with E-state index in [1.165, 1.54) is 6.42 Å². The number of hydrogen-bond acceptors (Lipinski definition) is 3. The standard InChI is InChI=1S/C25H28BrN3O3/c1-16-11-20-22(32-16)13-21-23(30)29(14-17-7-6-8-18(26)12-17)25(2,15-28(20)21)24(31)27-19-9-4-3-5-10-19/h6-8,11-13,19H,3-5,9-10,14-15H2,1-2H3,(H,27,31)/t25-/m0/s1. The Kier molecular flexibility index (Phi) is 5.40. The number of aryl methyl sites for hydroxylation is 1. The number of carbonyl (C=O) groups is 2. The first-order chi connectivity index (χ1) is 15.3. The first kappa shape index (κ1) is 21.3. The zero-order valence-corrected chi connectivity index (χ0v) is 20.1. The van der Waals surface area contributed by atoms with E-state index in [1.54, 1.807) is 11.0 Å². The number of aromatic nitrogens is 1. The van der Waals surface area contributed by atoms with E-state index in [1.807, 2.05) is 48.7 Å². The normalized spacial score (nSPS) is 21.7. The molecule has 0 radical (unpaired) electrons. The molecule has 5 rings (SSSR count). The Morgan fingerprint density at radius 1 is 1.22 bits per heavy atom. The van der Waals surface area contributed by atoms with Crippen molar-refractivity contribution >= 4 is 38.8 Å². The largest absolute Gasteiger partial charge is 0.460 e.